The highest BCUT2D eigenvalue weighted by atomic mass is 16.5. The molecule has 1 fully saturated rings. The smallest absolute Gasteiger partial charge is 0.295 e. The number of carbonyl (C=O) groups is 2. The fourth-order valence-electron chi connectivity index (χ4n) is 4.43. The van der Waals surface area contributed by atoms with Crippen LogP contribution in [-0.2, 0) is 20.7 Å². The molecule has 6 nitrogen and oxygen atoms in total. The SMILES string of the molecule is COCCN1C(=O)C(=O)C(=C(O)c2ccc3c(c2)C[C@H](C)O3)[C@H]1c1ccc(C(C)C)cc1. The van der Waals surface area contributed by atoms with Crippen LogP contribution in [0.1, 0.15) is 55.0 Å². The first-order valence-corrected chi connectivity index (χ1v) is 11.0. The molecule has 0 bridgehead atoms. The Morgan fingerprint density at radius 3 is 2.56 bits per heavy atom. The molecule has 1 amide bonds. The number of ether oxygens (including phenoxy) is 2. The molecule has 2 aromatic rings. The van der Waals surface area contributed by atoms with Crippen molar-refractivity contribution < 1.29 is 24.2 Å². The molecule has 168 valence electrons. The van der Waals surface area contributed by atoms with Gasteiger partial charge >= 0.3 is 0 Å². The summed E-state index contributed by atoms with van der Waals surface area (Å²) < 4.78 is 10.9. The van der Waals surface area contributed by atoms with Crippen LogP contribution in [0, 0.1) is 0 Å². The van der Waals surface area contributed by atoms with Gasteiger partial charge in [-0.2, -0.15) is 0 Å². The average Bonchev–Trinajstić information content (AvgIpc) is 3.27. The number of aliphatic hydroxyl groups is 1. The topological polar surface area (TPSA) is 76.1 Å². The van der Waals surface area contributed by atoms with E-state index < -0.39 is 17.7 Å². The quantitative estimate of drug-likeness (QED) is 0.418. The molecule has 4 rings (SSSR count). The summed E-state index contributed by atoms with van der Waals surface area (Å²) in [4.78, 5) is 27.5. The summed E-state index contributed by atoms with van der Waals surface area (Å²) in [6.07, 6.45) is 0.806. The van der Waals surface area contributed by atoms with Crippen molar-refractivity contribution >= 4 is 17.4 Å². The third-order valence-electron chi connectivity index (χ3n) is 6.16. The van der Waals surface area contributed by atoms with E-state index in [1.165, 1.54) is 4.90 Å². The van der Waals surface area contributed by atoms with Gasteiger partial charge in [-0.05, 0) is 47.7 Å². The van der Waals surface area contributed by atoms with Gasteiger partial charge in [-0.25, -0.2) is 0 Å². The summed E-state index contributed by atoms with van der Waals surface area (Å²) in [5, 5.41) is 11.2. The van der Waals surface area contributed by atoms with E-state index in [-0.39, 0.29) is 24.0 Å². The number of likely N-dealkylation sites (tertiary alicyclic amines) is 1. The van der Waals surface area contributed by atoms with Gasteiger partial charge in [0.2, 0.25) is 0 Å². The van der Waals surface area contributed by atoms with Crippen molar-refractivity contribution in [3.05, 3.63) is 70.3 Å². The van der Waals surface area contributed by atoms with Crippen LogP contribution < -0.4 is 4.74 Å². The maximum Gasteiger partial charge on any atom is 0.295 e. The predicted octanol–water partition coefficient (Wildman–Crippen LogP) is 4.20. The van der Waals surface area contributed by atoms with Gasteiger partial charge in [0.05, 0.1) is 18.2 Å². The summed E-state index contributed by atoms with van der Waals surface area (Å²) >= 11 is 0. The summed E-state index contributed by atoms with van der Waals surface area (Å²) in [5.41, 5.74) is 3.54. The van der Waals surface area contributed by atoms with Crippen molar-refractivity contribution in [2.75, 3.05) is 20.3 Å². The van der Waals surface area contributed by atoms with Gasteiger partial charge in [0.15, 0.2) is 0 Å². The van der Waals surface area contributed by atoms with Gasteiger partial charge in [0, 0.05) is 25.6 Å². The Bertz CT molecular complexity index is 1070. The van der Waals surface area contributed by atoms with Gasteiger partial charge in [-0.15, -0.1) is 0 Å². The van der Waals surface area contributed by atoms with Crippen molar-refractivity contribution in [2.24, 2.45) is 0 Å². The number of ketones is 1. The third-order valence-corrected chi connectivity index (χ3v) is 6.16. The minimum absolute atomic E-state index is 0.0708. The molecule has 0 radical (unpaired) electrons. The minimum Gasteiger partial charge on any atom is -0.507 e. The Balaban J connectivity index is 1.81. The van der Waals surface area contributed by atoms with E-state index in [4.69, 9.17) is 9.47 Å². The first-order valence-electron chi connectivity index (χ1n) is 11.0. The zero-order chi connectivity index (χ0) is 23.0. The Morgan fingerprint density at radius 1 is 1.19 bits per heavy atom. The average molecular weight is 436 g/mol. The second-order valence-corrected chi connectivity index (χ2v) is 8.76. The van der Waals surface area contributed by atoms with Crippen molar-refractivity contribution in [2.45, 2.75) is 45.3 Å². The van der Waals surface area contributed by atoms with Crippen molar-refractivity contribution in [1.29, 1.82) is 0 Å². The molecule has 1 saturated heterocycles. The van der Waals surface area contributed by atoms with Crippen LogP contribution in [-0.4, -0.2) is 48.1 Å². The van der Waals surface area contributed by atoms with Crippen LogP contribution in [0.4, 0.5) is 0 Å². The highest BCUT2D eigenvalue weighted by molar-refractivity contribution is 6.46. The Hall–Kier alpha value is -3.12. The lowest BCUT2D eigenvalue weighted by Crippen LogP contribution is -2.32. The van der Waals surface area contributed by atoms with E-state index in [1.807, 2.05) is 37.3 Å². The summed E-state index contributed by atoms with van der Waals surface area (Å²) in [5.74, 6) is -0.319. The number of amides is 1. The first-order chi connectivity index (χ1) is 15.3. The Labute approximate surface area is 188 Å². The zero-order valence-corrected chi connectivity index (χ0v) is 18.9. The number of fused-ring (bicyclic) bond motifs is 1. The summed E-state index contributed by atoms with van der Waals surface area (Å²) in [6.45, 7) is 6.75. The number of aliphatic hydroxyl groups excluding tert-OH is 1. The molecular weight excluding hydrogens is 406 g/mol. The lowest BCUT2D eigenvalue weighted by molar-refractivity contribution is -0.140. The van der Waals surface area contributed by atoms with Crippen LogP contribution in [0.25, 0.3) is 5.76 Å². The van der Waals surface area contributed by atoms with Gasteiger partial charge in [0.25, 0.3) is 11.7 Å². The monoisotopic (exact) mass is 435 g/mol. The van der Waals surface area contributed by atoms with Crippen LogP contribution in [0.15, 0.2) is 48.0 Å². The molecule has 2 aromatic carbocycles. The fraction of sp³-hybridized carbons (Fsp3) is 0.385. The highest BCUT2D eigenvalue weighted by Gasteiger charge is 2.46. The lowest BCUT2D eigenvalue weighted by Gasteiger charge is -2.25. The van der Waals surface area contributed by atoms with E-state index in [1.54, 1.807) is 19.2 Å². The van der Waals surface area contributed by atoms with E-state index in [0.717, 1.165) is 28.9 Å². The Kier molecular flexibility index (Phi) is 6.07. The summed E-state index contributed by atoms with van der Waals surface area (Å²) in [6, 6.07) is 12.6. The predicted molar refractivity (Wildman–Crippen MR) is 122 cm³/mol. The van der Waals surface area contributed by atoms with Crippen LogP contribution in [0.3, 0.4) is 0 Å². The molecule has 2 aliphatic rings. The fourth-order valence-corrected chi connectivity index (χ4v) is 4.43. The molecule has 2 atom stereocenters. The number of methoxy groups -OCH3 is 1. The Morgan fingerprint density at radius 2 is 1.91 bits per heavy atom. The molecule has 32 heavy (non-hydrogen) atoms. The molecule has 1 N–H and O–H groups in total. The second kappa shape index (κ2) is 8.79. The molecule has 0 spiro atoms. The van der Waals surface area contributed by atoms with E-state index in [9.17, 15) is 14.7 Å². The zero-order valence-electron chi connectivity index (χ0n) is 18.9. The number of Topliss-reactive ketones (excluding diaryl/α,β-unsaturated/α-hetero) is 1. The molecule has 0 aliphatic carbocycles. The number of nitrogens with zero attached hydrogens (tertiary/aromatic N) is 1. The molecular formula is C26H29NO5. The van der Waals surface area contributed by atoms with Gasteiger partial charge < -0.3 is 19.5 Å². The second-order valence-electron chi connectivity index (χ2n) is 8.76. The third kappa shape index (κ3) is 3.91. The number of rotatable bonds is 6. The minimum atomic E-state index is -0.679. The number of carbonyl (C=O) groups excluding carboxylic acids is 2. The standard InChI is InChI=1S/C26H29NO5/c1-15(2)17-5-7-18(8-6-17)23-22(25(29)26(30)27(23)11-12-31-4)24(28)19-9-10-21-20(14-19)13-16(3)32-21/h5-10,14-16,23,28H,11-13H2,1-4H3/t16-,23+/m0/s1. The van der Waals surface area contributed by atoms with Gasteiger partial charge in [-0.3, -0.25) is 9.59 Å². The van der Waals surface area contributed by atoms with E-state index in [2.05, 4.69) is 13.8 Å². The maximum absolute atomic E-state index is 13.1. The number of hydrogen-bond donors (Lipinski definition) is 1. The normalized spacial score (nSPS) is 21.8. The molecule has 6 heteroatoms. The van der Waals surface area contributed by atoms with E-state index in [0.29, 0.717) is 18.1 Å². The van der Waals surface area contributed by atoms with Crippen LogP contribution >= 0.6 is 0 Å². The van der Waals surface area contributed by atoms with Crippen molar-refractivity contribution in [3.8, 4) is 5.75 Å². The molecule has 0 unspecified atom stereocenters. The van der Waals surface area contributed by atoms with Gasteiger partial charge in [0.1, 0.15) is 17.6 Å². The molecule has 2 aliphatic heterocycles. The van der Waals surface area contributed by atoms with Crippen molar-refractivity contribution in [1.82, 2.24) is 4.90 Å². The summed E-state index contributed by atoms with van der Waals surface area (Å²) in [7, 11) is 1.55. The van der Waals surface area contributed by atoms with Crippen LogP contribution in [0.2, 0.25) is 0 Å². The largest absolute Gasteiger partial charge is 0.507 e. The van der Waals surface area contributed by atoms with Crippen LogP contribution in [0.5, 0.6) is 5.75 Å². The highest BCUT2D eigenvalue weighted by Crippen LogP contribution is 2.40. The number of benzene rings is 2. The number of hydrogen-bond acceptors (Lipinski definition) is 5. The molecule has 0 saturated carbocycles. The van der Waals surface area contributed by atoms with Crippen molar-refractivity contribution in [3.63, 3.8) is 0 Å². The maximum atomic E-state index is 13.1. The molecule has 0 aromatic heterocycles. The van der Waals surface area contributed by atoms with E-state index >= 15 is 0 Å². The first kappa shape index (κ1) is 22.1. The lowest BCUT2D eigenvalue weighted by atomic mass is 9.92. The molecule has 2 heterocycles. The van der Waals surface area contributed by atoms with Gasteiger partial charge in [-0.1, -0.05) is 38.1 Å².